The number of aliphatic hydroxyl groups excluding tert-OH is 1. The van der Waals surface area contributed by atoms with Crippen molar-refractivity contribution < 1.29 is 5.11 Å². The number of hydrogen-bond donors (Lipinski definition) is 1. The van der Waals surface area contributed by atoms with Crippen molar-refractivity contribution >= 4 is 10.9 Å². The van der Waals surface area contributed by atoms with Gasteiger partial charge in [-0.3, -0.25) is 4.98 Å². The second-order valence-electron chi connectivity index (χ2n) is 4.74. The van der Waals surface area contributed by atoms with Crippen LogP contribution in [0.1, 0.15) is 23.3 Å². The van der Waals surface area contributed by atoms with Crippen LogP contribution in [0.2, 0.25) is 0 Å². The molecule has 0 aliphatic rings. The first-order valence-corrected chi connectivity index (χ1v) is 6.54. The first-order chi connectivity index (χ1) is 9.72. The smallest absolute Gasteiger partial charge is 0.125 e. The standard InChI is InChI=1S/C16H15N3O/c1-11-17-9-8-15(18-11)16(20)10-13-7-6-12-4-2-3-5-14(12)19-13/h2-9,16,20H,10H2,1H3. The molecule has 0 radical (unpaired) electrons. The number of pyridine rings is 1. The molecule has 0 saturated carbocycles. The van der Waals surface area contributed by atoms with Gasteiger partial charge in [0.05, 0.1) is 11.2 Å². The lowest BCUT2D eigenvalue weighted by molar-refractivity contribution is 0.172. The fraction of sp³-hybridized carbons (Fsp3) is 0.188. The number of rotatable bonds is 3. The highest BCUT2D eigenvalue weighted by Crippen LogP contribution is 2.18. The van der Waals surface area contributed by atoms with Crippen LogP contribution in [0, 0.1) is 6.92 Å². The molecule has 0 saturated heterocycles. The van der Waals surface area contributed by atoms with Crippen molar-refractivity contribution in [1.29, 1.82) is 0 Å². The average molecular weight is 265 g/mol. The third kappa shape index (κ3) is 2.65. The Labute approximate surface area is 117 Å². The zero-order valence-electron chi connectivity index (χ0n) is 11.2. The summed E-state index contributed by atoms with van der Waals surface area (Å²) in [5.74, 6) is 0.660. The molecular weight excluding hydrogens is 250 g/mol. The number of fused-ring (bicyclic) bond motifs is 1. The summed E-state index contributed by atoms with van der Waals surface area (Å²) in [5, 5.41) is 11.3. The Morgan fingerprint density at radius 2 is 1.90 bits per heavy atom. The minimum absolute atomic E-state index is 0.446. The Hall–Kier alpha value is -2.33. The number of para-hydroxylation sites is 1. The van der Waals surface area contributed by atoms with Crippen molar-refractivity contribution in [2.75, 3.05) is 0 Å². The Balaban J connectivity index is 1.85. The molecule has 1 N–H and O–H groups in total. The fourth-order valence-corrected chi connectivity index (χ4v) is 2.18. The highest BCUT2D eigenvalue weighted by molar-refractivity contribution is 5.78. The van der Waals surface area contributed by atoms with Gasteiger partial charge in [-0.05, 0) is 25.1 Å². The fourth-order valence-electron chi connectivity index (χ4n) is 2.18. The number of aryl methyl sites for hydroxylation is 1. The predicted octanol–water partition coefficient (Wildman–Crippen LogP) is 2.61. The molecular formula is C16H15N3O. The molecule has 0 fully saturated rings. The number of hydrogen-bond acceptors (Lipinski definition) is 4. The zero-order chi connectivity index (χ0) is 13.9. The van der Waals surface area contributed by atoms with Crippen LogP contribution >= 0.6 is 0 Å². The van der Waals surface area contributed by atoms with Crippen molar-refractivity contribution in [3.05, 3.63) is 65.9 Å². The normalized spacial score (nSPS) is 12.5. The number of nitrogens with zero attached hydrogens (tertiary/aromatic N) is 3. The molecule has 2 aromatic heterocycles. The monoisotopic (exact) mass is 265 g/mol. The van der Waals surface area contributed by atoms with E-state index in [0.29, 0.717) is 17.9 Å². The summed E-state index contributed by atoms with van der Waals surface area (Å²) in [4.78, 5) is 12.8. The molecule has 1 aromatic carbocycles. The molecule has 3 rings (SSSR count). The molecule has 0 spiro atoms. The van der Waals surface area contributed by atoms with Gasteiger partial charge in [-0.2, -0.15) is 0 Å². The minimum Gasteiger partial charge on any atom is -0.386 e. The highest BCUT2D eigenvalue weighted by Gasteiger charge is 2.11. The van der Waals surface area contributed by atoms with E-state index in [1.54, 1.807) is 12.3 Å². The van der Waals surface area contributed by atoms with Gasteiger partial charge in [0.15, 0.2) is 0 Å². The Bertz CT molecular complexity index is 742. The largest absolute Gasteiger partial charge is 0.386 e. The molecule has 1 atom stereocenters. The predicted molar refractivity (Wildman–Crippen MR) is 77.2 cm³/mol. The molecule has 100 valence electrons. The SMILES string of the molecule is Cc1nccc(C(O)Cc2ccc3ccccc3n2)n1. The molecule has 0 bridgehead atoms. The molecule has 2 heterocycles. The molecule has 3 aromatic rings. The first-order valence-electron chi connectivity index (χ1n) is 6.54. The van der Waals surface area contributed by atoms with Crippen LogP contribution < -0.4 is 0 Å². The highest BCUT2D eigenvalue weighted by atomic mass is 16.3. The van der Waals surface area contributed by atoms with Gasteiger partial charge in [-0.25, -0.2) is 9.97 Å². The van der Waals surface area contributed by atoms with Crippen LogP contribution in [0.15, 0.2) is 48.7 Å². The number of aromatic nitrogens is 3. The lowest BCUT2D eigenvalue weighted by atomic mass is 10.1. The third-order valence-corrected chi connectivity index (χ3v) is 3.20. The van der Waals surface area contributed by atoms with E-state index in [0.717, 1.165) is 16.6 Å². The molecule has 1 unspecified atom stereocenters. The van der Waals surface area contributed by atoms with Gasteiger partial charge in [0.2, 0.25) is 0 Å². The second-order valence-corrected chi connectivity index (χ2v) is 4.74. The Morgan fingerprint density at radius 3 is 2.75 bits per heavy atom. The number of aliphatic hydroxyl groups is 1. The van der Waals surface area contributed by atoms with Crippen LogP contribution in [0.25, 0.3) is 10.9 Å². The van der Waals surface area contributed by atoms with Crippen LogP contribution in [-0.4, -0.2) is 20.1 Å². The van der Waals surface area contributed by atoms with Gasteiger partial charge >= 0.3 is 0 Å². The van der Waals surface area contributed by atoms with Crippen molar-refractivity contribution in [2.45, 2.75) is 19.4 Å². The van der Waals surface area contributed by atoms with E-state index in [1.165, 1.54) is 0 Å². The summed E-state index contributed by atoms with van der Waals surface area (Å²) >= 11 is 0. The van der Waals surface area contributed by atoms with Crippen molar-refractivity contribution in [2.24, 2.45) is 0 Å². The van der Waals surface area contributed by atoms with Crippen LogP contribution in [0.4, 0.5) is 0 Å². The van der Waals surface area contributed by atoms with Crippen LogP contribution in [-0.2, 0) is 6.42 Å². The van der Waals surface area contributed by atoms with Crippen LogP contribution in [0.5, 0.6) is 0 Å². The van der Waals surface area contributed by atoms with Crippen LogP contribution in [0.3, 0.4) is 0 Å². The van der Waals surface area contributed by atoms with Crippen molar-refractivity contribution in [3.63, 3.8) is 0 Å². The van der Waals surface area contributed by atoms with Gasteiger partial charge < -0.3 is 5.11 Å². The molecule has 0 amide bonds. The molecule has 0 aliphatic carbocycles. The third-order valence-electron chi connectivity index (χ3n) is 3.20. The second kappa shape index (κ2) is 5.35. The quantitative estimate of drug-likeness (QED) is 0.790. The van der Waals surface area contributed by atoms with E-state index in [9.17, 15) is 5.11 Å². The summed E-state index contributed by atoms with van der Waals surface area (Å²) < 4.78 is 0. The summed E-state index contributed by atoms with van der Waals surface area (Å²) in [6.45, 7) is 1.81. The Morgan fingerprint density at radius 1 is 1.05 bits per heavy atom. The van der Waals surface area contributed by atoms with Gasteiger partial charge in [-0.15, -0.1) is 0 Å². The molecule has 0 aliphatic heterocycles. The lowest BCUT2D eigenvalue weighted by Crippen LogP contribution is -2.06. The van der Waals surface area contributed by atoms with E-state index in [-0.39, 0.29) is 0 Å². The van der Waals surface area contributed by atoms with E-state index < -0.39 is 6.10 Å². The van der Waals surface area contributed by atoms with E-state index in [4.69, 9.17) is 0 Å². The zero-order valence-corrected chi connectivity index (χ0v) is 11.2. The minimum atomic E-state index is -0.662. The topological polar surface area (TPSA) is 58.9 Å². The molecule has 4 nitrogen and oxygen atoms in total. The summed E-state index contributed by atoms with van der Waals surface area (Å²) in [6, 6.07) is 13.6. The van der Waals surface area contributed by atoms with Gasteiger partial charge in [0.1, 0.15) is 11.9 Å². The van der Waals surface area contributed by atoms with Crippen molar-refractivity contribution in [3.8, 4) is 0 Å². The van der Waals surface area contributed by atoms with Gasteiger partial charge in [-0.1, -0.05) is 24.3 Å². The maximum atomic E-state index is 10.2. The molecule has 20 heavy (non-hydrogen) atoms. The van der Waals surface area contributed by atoms with E-state index >= 15 is 0 Å². The average Bonchev–Trinajstić information content (AvgIpc) is 2.47. The Kier molecular flexibility index (Phi) is 3.39. The maximum Gasteiger partial charge on any atom is 0.125 e. The maximum absolute atomic E-state index is 10.2. The van der Waals surface area contributed by atoms with E-state index in [1.807, 2.05) is 43.3 Å². The molecule has 4 heteroatoms. The van der Waals surface area contributed by atoms with Crippen molar-refractivity contribution in [1.82, 2.24) is 15.0 Å². The number of benzene rings is 1. The summed E-state index contributed by atoms with van der Waals surface area (Å²) in [5.41, 5.74) is 2.43. The van der Waals surface area contributed by atoms with E-state index in [2.05, 4.69) is 15.0 Å². The first kappa shape index (κ1) is 12.7. The van der Waals surface area contributed by atoms with Gasteiger partial charge in [0, 0.05) is 23.7 Å². The summed E-state index contributed by atoms with van der Waals surface area (Å²) in [7, 11) is 0. The van der Waals surface area contributed by atoms with Gasteiger partial charge in [0.25, 0.3) is 0 Å². The lowest BCUT2D eigenvalue weighted by Gasteiger charge is -2.10. The summed E-state index contributed by atoms with van der Waals surface area (Å²) in [6.07, 6.45) is 1.45.